The van der Waals surface area contributed by atoms with Crippen LogP contribution in [-0.2, 0) is 0 Å². The summed E-state index contributed by atoms with van der Waals surface area (Å²) in [5, 5.41) is 7.29. The van der Waals surface area contributed by atoms with E-state index in [-0.39, 0.29) is 0 Å². The van der Waals surface area contributed by atoms with E-state index in [1.54, 1.807) is 0 Å². The van der Waals surface area contributed by atoms with Crippen LogP contribution < -0.4 is 4.90 Å². The van der Waals surface area contributed by atoms with Gasteiger partial charge >= 0.3 is 0 Å². The molecule has 0 fully saturated rings. The van der Waals surface area contributed by atoms with Gasteiger partial charge in [-0.3, -0.25) is 4.90 Å². The summed E-state index contributed by atoms with van der Waals surface area (Å²) >= 11 is 0. The van der Waals surface area contributed by atoms with Crippen molar-refractivity contribution in [3.8, 4) is 22.3 Å². The molecule has 7 aromatic carbocycles. The van der Waals surface area contributed by atoms with E-state index >= 15 is 0 Å². The summed E-state index contributed by atoms with van der Waals surface area (Å²) in [6.45, 7) is 0. The van der Waals surface area contributed by atoms with Gasteiger partial charge in [-0.15, -0.1) is 0 Å². The third-order valence-electron chi connectivity index (χ3n) is 8.28. The predicted octanol–water partition coefficient (Wildman–Crippen LogP) is 11.3. The lowest BCUT2D eigenvalue weighted by atomic mass is 9.88. The molecule has 0 saturated heterocycles. The van der Waals surface area contributed by atoms with Gasteiger partial charge in [-0.25, -0.2) is 4.98 Å². The Morgan fingerprint density at radius 3 is 1.72 bits per heavy atom. The molecule has 1 heterocycles. The highest BCUT2D eigenvalue weighted by Crippen LogP contribution is 2.48. The zero-order valence-corrected chi connectivity index (χ0v) is 23.6. The Hall–Kier alpha value is -5.73. The Morgan fingerprint density at radius 2 is 1.00 bits per heavy atom. The minimum absolute atomic E-state index is 0.876. The van der Waals surface area contributed by atoms with Gasteiger partial charge in [-0.1, -0.05) is 140 Å². The second-order valence-electron chi connectivity index (χ2n) is 10.8. The zero-order valence-electron chi connectivity index (χ0n) is 23.6. The first-order chi connectivity index (χ1) is 21.4. The highest BCUT2D eigenvalue weighted by molar-refractivity contribution is 6.24. The number of benzene rings is 7. The summed E-state index contributed by atoms with van der Waals surface area (Å²) in [4.78, 5) is 7.22. The molecule has 2 heteroatoms. The maximum atomic E-state index is 4.90. The van der Waals surface area contributed by atoms with Crippen molar-refractivity contribution in [1.29, 1.82) is 0 Å². The fourth-order valence-electron chi connectivity index (χ4n) is 6.40. The lowest BCUT2D eigenvalue weighted by Crippen LogP contribution is -2.13. The number of hydrogen-bond acceptors (Lipinski definition) is 2. The molecule has 0 aliphatic rings. The summed E-state index contributed by atoms with van der Waals surface area (Å²) in [6, 6.07) is 58.4. The molecule has 8 rings (SSSR count). The molecule has 2 nitrogen and oxygen atoms in total. The van der Waals surface area contributed by atoms with Gasteiger partial charge in [0.15, 0.2) is 0 Å². The number of fused-ring (bicyclic) bond motifs is 3. The average molecular weight is 549 g/mol. The minimum atomic E-state index is 0.876. The summed E-state index contributed by atoms with van der Waals surface area (Å²) in [5.74, 6) is 0.876. The quantitative estimate of drug-likeness (QED) is 0.199. The number of anilines is 3. The van der Waals surface area contributed by atoms with Crippen LogP contribution in [-0.4, -0.2) is 4.98 Å². The number of hydrogen-bond donors (Lipinski definition) is 0. The average Bonchev–Trinajstić information content (AvgIpc) is 3.09. The van der Waals surface area contributed by atoms with Crippen molar-refractivity contribution in [1.82, 2.24) is 4.98 Å². The molecule has 0 amide bonds. The zero-order chi connectivity index (χ0) is 28.6. The lowest BCUT2D eigenvalue weighted by molar-refractivity contribution is 1.19. The molecule has 0 bridgehead atoms. The van der Waals surface area contributed by atoms with Crippen molar-refractivity contribution in [2.45, 2.75) is 0 Å². The normalized spacial score (nSPS) is 11.3. The van der Waals surface area contributed by atoms with Gasteiger partial charge in [-0.05, 0) is 68.1 Å². The molecule has 8 aromatic rings. The van der Waals surface area contributed by atoms with Gasteiger partial charge in [0.05, 0.1) is 5.69 Å². The monoisotopic (exact) mass is 548 g/mol. The molecule has 0 spiro atoms. The SMILES string of the molecule is c1ccc(-c2cccc(N(c3ccccn3)c3c4ccccc4c(-c4cccc5ccccc45)c4ccccc34)c2)cc1. The Labute approximate surface area is 251 Å². The van der Waals surface area contributed by atoms with Gasteiger partial charge in [-0.2, -0.15) is 0 Å². The maximum absolute atomic E-state index is 4.90. The van der Waals surface area contributed by atoms with E-state index in [1.165, 1.54) is 54.6 Å². The molecule has 1 aromatic heterocycles. The molecule has 0 atom stereocenters. The van der Waals surface area contributed by atoms with Crippen LogP contribution in [0.15, 0.2) is 170 Å². The van der Waals surface area contributed by atoms with Gasteiger partial charge in [0.2, 0.25) is 0 Å². The third kappa shape index (κ3) is 4.32. The van der Waals surface area contributed by atoms with Crippen LogP contribution in [0.25, 0.3) is 54.6 Å². The first kappa shape index (κ1) is 25.0. The minimum Gasteiger partial charge on any atom is -0.294 e. The molecule has 0 N–H and O–H groups in total. The van der Waals surface area contributed by atoms with Crippen LogP contribution in [0, 0.1) is 0 Å². The summed E-state index contributed by atoms with van der Waals surface area (Å²) < 4.78 is 0. The first-order valence-corrected chi connectivity index (χ1v) is 14.6. The van der Waals surface area contributed by atoms with E-state index in [2.05, 4.69) is 163 Å². The summed E-state index contributed by atoms with van der Waals surface area (Å²) in [5.41, 5.74) is 7.04. The van der Waals surface area contributed by atoms with Crippen molar-refractivity contribution in [3.05, 3.63) is 170 Å². The number of rotatable bonds is 5. The van der Waals surface area contributed by atoms with Gasteiger partial charge in [0.25, 0.3) is 0 Å². The molecular weight excluding hydrogens is 520 g/mol. The van der Waals surface area contributed by atoms with E-state index in [9.17, 15) is 0 Å². The number of pyridine rings is 1. The van der Waals surface area contributed by atoms with Crippen LogP contribution in [0.4, 0.5) is 17.2 Å². The van der Waals surface area contributed by atoms with Crippen molar-refractivity contribution >= 4 is 49.5 Å². The lowest BCUT2D eigenvalue weighted by Gasteiger charge is -2.29. The Kier molecular flexibility index (Phi) is 6.16. The van der Waals surface area contributed by atoms with E-state index in [4.69, 9.17) is 4.98 Å². The molecule has 0 unspecified atom stereocenters. The van der Waals surface area contributed by atoms with E-state index in [0.29, 0.717) is 0 Å². The smallest absolute Gasteiger partial charge is 0.137 e. The number of aromatic nitrogens is 1. The van der Waals surface area contributed by atoms with Crippen molar-refractivity contribution in [2.24, 2.45) is 0 Å². The van der Waals surface area contributed by atoms with Crippen molar-refractivity contribution in [2.75, 3.05) is 4.90 Å². The molecule has 0 radical (unpaired) electrons. The molecular formula is C41H28N2. The van der Waals surface area contributed by atoms with Crippen LogP contribution in [0.2, 0.25) is 0 Å². The largest absolute Gasteiger partial charge is 0.294 e. The van der Waals surface area contributed by atoms with E-state index < -0.39 is 0 Å². The summed E-state index contributed by atoms with van der Waals surface area (Å²) in [6.07, 6.45) is 1.87. The van der Waals surface area contributed by atoms with Crippen LogP contribution in [0.1, 0.15) is 0 Å². The summed E-state index contributed by atoms with van der Waals surface area (Å²) in [7, 11) is 0. The topological polar surface area (TPSA) is 16.1 Å². The standard InChI is InChI=1S/C41H28N2/c1-2-14-29(15-3-1)31-18-12-19-32(28-31)43(39-26-10-11-27-42-39)41-37-23-8-6-21-35(37)40(36-22-7-9-24-38(36)41)34-25-13-17-30-16-4-5-20-33(30)34/h1-28H. The highest BCUT2D eigenvalue weighted by atomic mass is 15.2. The fourth-order valence-corrected chi connectivity index (χ4v) is 6.40. The Balaban J connectivity index is 1.48. The number of nitrogens with zero attached hydrogens (tertiary/aromatic N) is 2. The van der Waals surface area contributed by atoms with Crippen molar-refractivity contribution in [3.63, 3.8) is 0 Å². The third-order valence-corrected chi connectivity index (χ3v) is 8.28. The van der Waals surface area contributed by atoms with Gasteiger partial charge in [0.1, 0.15) is 5.82 Å². The molecule has 0 aliphatic carbocycles. The van der Waals surface area contributed by atoms with Crippen LogP contribution in [0.5, 0.6) is 0 Å². The van der Waals surface area contributed by atoms with Crippen molar-refractivity contribution < 1.29 is 0 Å². The second-order valence-corrected chi connectivity index (χ2v) is 10.8. The van der Waals surface area contributed by atoms with Gasteiger partial charge in [0, 0.05) is 22.7 Å². The molecule has 0 saturated carbocycles. The van der Waals surface area contributed by atoms with Crippen LogP contribution in [0.3, 0.4) is 0 Å². The van der Waals surface area contributed by atoms with Gasteiger partial charge < -0.3 is 0 Å². The first-order valence-electron chi connectivity index (χ1n) is 14.6. The maximum Gasteiger partial charge on any atom is 0.137 e. The van der Waals surface area contributed by atoms with E-state index in [1.807, 2.05) is 12.3 Å². The van der Waals surface area contributed by atoms with Crippen LogP contribution >= 0.6 is 0 Å². The molecule has 0 aliphatic heterocycles. The molecule has 202 valence electrons. The van der Waals surface area contributed by atoms with E-state index in [0.717, 1.165) is 17.2 Å². The highest BCUT2D eigenvalue weighted by Gasteiger charge is 2.23. The Morgan fingerprint density at radius 1 is 0.419 bits per heavy atom. The molecule has 43 heavy (non-hydrogen) atoms. The Bertz CT molecular complexity index is 2180. The fraction of sp³-hybridized carbons (Fsp3) is 0. The predicted molar refractivity (Wildman–Crippen MR) is 182 cm³/mol. The second kappa shape index (κ2) is 10.6.